The van der Waals surface area contributed by atoms with E-state index < -0.39 is 0 Å². The predicted molar refractivity (Wildman–Crippen MR) is 83.8 cm³/mol. The van der Waals surface area contributed by atoms with Crippen molar-refractivity contribution in [2.24, 2.45) is 5.92 Å². The maximum atomic E-state index is 12.3. The Hall–Kier alpha value is -1.47. The summed E-state index contributed by atoms with van der Waals surface area (Å²) < 4.78 is 16.7. The minimum atomic E-state index is -0.338. The Balaban J connectivity index is 1.76. The van der Waals surface area contributed by atoms with Gasteiger partial charge in [0.15, 0.2) is 6.10 Å². The van der Waals surface area contributed by atoms with Crippen LogP contribution in [0.1, 0.15) is 51.5 Å². The monoisotopic (exact) mass is 325 g/mol. The largest absolute Gasteiger partial charge is 0.423 e. The lowest BCUT2D eigenvalue weighted by molar-refractivity contribution is -0.141. The number of ether oxygens (including phenoxy) is 2. The first-order chi connectivity index (χ1) is 11.0. The number of rotatable bonds is 7. The molecule has 0 unspecified atom stereocenters. The number of aryl methyl sites for hydroxylation is 1. The molecule has 1 aliphatic heterocycles. The normalized spacial score (nSPS) is 20.0. The fourth-order valence-electron chi connectivity index (χ4n) is 2.70. The van der Waals surface area contributed by atoms with Gasteiger partial charge in [-0.25, -0.2) is 0 Å². The van der Waals surface area contributed by atoms with E-state index in [9.17, 15) is 4.79 Å². The SMILES string of the molecule is Cc1nnc([C@H]2CN(C(=O)CCO[C@@H](C)CC(C)C)CCO2)o1. The lowest BCUT2D eigenvalue weighted by Crippen LogP contribution is -2.42. The third-order valence-electron chi connectivity index (χ3n) is 3.76. The Morgan fingerprint density at radius 3 is 2.83 bits per heavy atom. The summed E-state index contributed by atoms with van der Waals surface area (Å²) in [6, 6.07) is 0. The molecular weight excluding hydrogens is 298 g/mol. The molecule has 0 aromatic carbocycles. The predicted octanol–water partition coefficient (Wildman–Crippen LogP) is 2.12. The van der Waals surface area contributed by atoms with Crippen LogP contribution in [0.4, 0.5) is 0 Å². The van der Waals surface area contributed by atoms with Crippen LogP contribution in [0.5, 0.6) is 0 Å². The number of carbonyl (C=O) groups is 1. The van der Waals surface area contributed by atoms with E-state index in [1.54, 1.807) is 11.8 Å². The molecule has 2 heterocycles. The molecule has 0 N–H and O–H groups in total. The topological polar surface area (TPSA) is 77.7 Å². The number of carbonyl (C=O) groups excluding carboxylic acids is 1. The molecule has 130 valence electrons. The zero-order chi connectivity index (χ0) is 16.8. The summed E-state index contributed by atoms with van der Waals surface area (Å²) in [4.78, 5) is 14.1. The first-order valence-corrected chi connectivity index (χ1v) is 8.26. The average molecular weight is 325 g/mol. The highest BCUT2D eigenvalue weighted by Crippen LogP contribution is 2.21. The number of amides is 1. The van der Waals surface area contributed by atoms with Crippen molar-refractivity contribution in [1.82, 2.24) is 15.1 Å². The molecule has 0 aliphatic carbocycles. The molecule has 0 saturated carbocycles. The van der Waals surface area contributed by atoms with Crippen molar-refractivity contribution in [3.8, 4) is 0 Å². The minimum Gasteiger partial charge on any atom is -0.423 e. The molecule has 1 aliphatic rings. The van der Waals surface area contributed by atoms with Crippen molar-refractivity contribution < 1.29 is 18.7 Å². The van der Waals surface area contributed by atoms with Gasteiger partial charge in [-0.2, -0.15) is 0 Å². The van der Waals surface area contributed by atoms with Gasteiger partial charge in [0.05, 0.1) is 32.3 Å². The summed E-state index contributed by atoms with van der Waals surface area (Å²) in [6.45, 7) is 10.1. The van der Waals surface area contributed by atoms with Crippen molar-refractivity contribution in [2.45, 2.75) is 52.7 Å². The van der Waals surface area contributed by atoms with Crippen LogP contribution < -0.4 is 0 Å². The van der Waals surface area contributed by atoms with Gasteiger partial charge in [0, 0.05) is 13.5 Å². The van der Waals surface area contributed by atoms with Crippen LogP contribution in [0.15, 0.2) is 4.42 Å². The third-order valence-corrected chi connectivity index (χ3v) is 3.76. The smallest absolute Gasteiger partial charge is 0.246 e. The van der Waals surface area contributed by atoms with Gasteiger partial charge >= 0.3 is 0 Å². The van der Waals surface area contributed by atoms with E-state index in [0.29, 0.717) is 50.4 Å². The van der Waals surface area contributed by atoms with Gasteiger partial charge in [0.1, 0.15) is 0 Å². The van der Waals surface area contributed by atoms with E-state index in [1.807, 2.05) is 6.92 Å². The van der Waals surface area contributed by atoms with Crippen LogP contribution in [0.2, 0.25) is 0 Å². The molecule has 1 aromatic rings. The molecule has 0 bridgehead atoms. The van der Waals surface area contributed by atoms with Crippen molar-refractivity contribution in [3.05, 3.63) is 11.8 Å². The zero-order valence-corrected chi connectivity index (χ0v) is 14.4. The van der Waals surface area contributed by atoms with Gasteiger partial charge in [-0.05, 0) is 19.3 Å². The van der Waals surface area contributed by atoms with Crippen molar-refractivity contribution in [2.75, 3.05) is 26.3 Å². The van der Waals surface area contributed by atoms with E-state index in [-0.39, 0.29) is 18.1 Å². The second-order valence-corrected chi connectivity index (χ2v) is 6.42. The van der Waals surface area contributed by atoms with Crippen LogP contribution in [-0.4, -0.2) is 53.4 Å². The lowest BCUT2D eigenvalue weighted by Gasteiger charge is -2.31. The van der Waals surface area contributed by atoms with Gasteiger partial charge in [0.25, 0.3) is 0 Å². The molecule has 0 radical (unpaired) electrons. The first-order valence-electron chi connectivity index (χ1n) is 8.26. The Labute approximate surface area is 137 Å². The fraction of sp³-hybridized carbons (Fsp3) is 0.812. The molecular formula is C16H27N3O4. The van der Waals surface area contributed by atoms with Crippen LogP contribution in [-0.2, 0) is 14.3 Å². The number of aromatic nitrogens is 2. The Morgan fingerprint density at radius 2 is 2.17 bits per heavy atom. The van der Waals surface area contributed by atoms with Crippen LogP contribution in [0.25, 0.3) is 0 Å². The van der Waals surface area contributed by atoms with Crippen molar-refractivity contribution in [3.63, 3.8) is 0 Å². The Bertz CT molecular complexity index is 503. The molecule has 23 heavy (non-hydrogen) atoms. The van der Waals surface area contributed by atoms with Crippen LogP contribution in [0.3, 0.4) is 0 Å². The van der Waals surface area contributed by atoms with Crippen LogP contribution >= 0.6 is 0 Å². The maximum Gasteiger partial charge on any atom is 0.246 e. The van der Waals surface area contributed by atoms with Gasteiger partial charge in [0.2, 0.25) is 17.7 Å². The maximum absolute atomic E-state index is 12.3. The van der Waals surface area contributed by atoms with Gasteiger partial charge < -0.3 is 18.8 Å². The molecule has 0 spiro atoms. The number of morpholine rings is 1. The van der Waals surface area contributed by atoms with E-state index in [2.05, 4.69) is 24.0 Å². The van der Waals surface area contributed by atoms with Crippen LogP contribution in [0, 0.1) is 12.8 Å². The Kier molecular flexibility index (Phi) is 6.53. The highest BCUT2D eigenvalue weighted by molar-refractivity contribution is 5.76. The van der Waals surface area contributed by atoms with Crippen molar-refractivity contribution in [1.29, 1.82) is 0 Å². The van der Waals surface area contributed by atoms with E-state index in [0.717, 1.165) is 6.42 Å². The molecule has 1 fully saturated rings. The standard InChI is InChI=1S/C16H27N3O4/c1-11(2)9-12(3)21-7-5-15(20)19-6-8-22-14(10-19)16-18-17-13(4)23-16/h11-12,14H,5-10H2,1-4H3/t12-,14+/m0/s1. The highest BCUT2D eigenvalue weighted by atomic mass is 16.5. The van der Waals surface area contributed by atoms with Gasteiger partial charge in [-0.3, -0.25) is 4.79 Å². The van der Waals surface area contributed by atoms with Gasteiger partial charge in [-0.15, -0.1) is 10.2 Å². The quantitative estimate of drug-likeness (QED) is 0.764. The number of hydrogen-bond donors (Lipinski definition) is 0. The summed E-state index contributed by atoms with van der Waals surface area (Å²) in [5, 5.41) is 7.78. The lowest BCUT2D eigenvalue weighted by atomic mass is 10.1. The molecule has 1 saturated heterocycles. The van der Waals surface area contributed by atoms with E-state index in [1.165, 1.54) is 0 Å². The third kappa shape index (κ3) is 5.58. The number of hydrogen-bond acceptors (Lipinski definition) is 6. The van der Waals surface area contributed by atoms with E-state index in [4.69, 9.17) is 13.9 Å². The average Bonchev–Trinajstić information content (AvgIpc) is 2.93. The molecule has 1 amide bonds. The summed E-state index contributed by atoms with van der Waals surface area (Å²) in [7, 11) is 0. The summed E-state index contributed by atoms with van der Waals surface area (Å²) >= 11 is 0. The number of nitrogens with zero attached hydrogens (tertiary/aromatic N) is 3. The molecule has 7 nitrogen and oxygen atoms in total. The Morgan fingerprint density at radius 1 is 1.39 bits per heavy atom. The summed E-state index contributed by atoms with van der Waals surface area (Å²) in [5.41, 5.74) is 0. The molecule has 1 aromatic heterocycles. The van der Waals surface area contributed by atoms with Gasteiger partial charge in [-0.1, -0.05) is 13.8 Å². The zero-order valence-electron chi connectivity index (χ0n) is 14.4. The molecule has 2 atom stereocenters. The summed E-state index contributed by atoms with van der Waals surface area (Å²) in [6.07, 6.45) is 1.24. The van der Waals surface area contributed by atoms with Crippen molar-refractivity contribution >= 4 is 5.91 Å². The highest BCUT2D eigenvalue weighted by Gasteiger charge is 2.28. The molecule has 7 heteroatoms. The summed E-state index contributed by atoms with van der Waals surface area (Å²) in [5.74, 6) is 1.60. The second-order valence-electron chi connectivity index (χ2n) is 6.42. The minimum absolute atomic E-state index is 0.0753. The molecule has 2 rings (SSSR count). The fourth-order valence-corrected chi connectivity index (χ4v) is 2.70. The van der Waals surface area contributed by atoms with E-state index >= 15 is 0 Å². The second kappa shape index (κ2) is 8.40. The first kappa shape index (κ1) is 17.9.